The first-order chi connectivity index (χ1) is 7.04. The lowest BCUT2D eigenvalue weighted by Crippen LogP contribution is -2.10. The van der Waals surface area contributed by atoms with E-state index >= 15 is 0 Å². The predicted octanol–water partition coefficient (Wildman–Crippen LogP) is 2.63. The number of ether oxygens (including phenoxy) is 1. The minimum absolute atomic E-state index is 0.00301. The molecule has 1 aromatic rings. The molecule has 0 saturated heterocycles. The summed E-state index contributed by atoms with van der Waals surface area (Å²) in [6.07, 6.45) is 0. The molecule has 3 nitrogen and oxygen atoms in total. The summed E-state index contributed by atoms with van der Waals surface area (Å²) < 4.78 is 5.31. The molecule has 0 aliphatic rings. The van der Waals surface area contributed by atoms with E-state index in [0.29, 0.717) is 23.6 Å². The molecule has 1 unspecified atom stereocenters. The number of ketones is 1. The van der Waals surface area contributed by atoms with Crippen molar-refractivity contribution in [3.63, 3.8) is 0 Å². The van der Waals surface area contributed by atoms with Crippen molar-refractivity contribution >= 4 is 27.4 Å². The number of hydrogen-bond acceptors (Lipinski definition) is 3. The number of anilines is 1. The molecule has 0 amide bonds. The molecule has 1 atom stereocenters. The van der Waals surface area contributed by atoms with Crippen LogP contribution in [-0.2, 0) is 0 Å². The Labute approximate surface area is 97.7 Å². The average Bonchev–Trinajstić information content (AvgIpc) is 2.16. The van der Waals surface area contributed by atoms with Gasteiger partial charge in [0.1, 0.15) is 5.75 Å². The average molecular weight is 272 g/mol. The summed E-state index contributed by atoms with van der Waals surface area (Å²) in [5.41, 5.74) is 6.79. The minimum atomic E-state index is -0.214. The summed E-state index contributed by atoms with van der Waals surface area (Å²) in [5.74, 6) is 0.636. The standard InChI is InChI=1S/C11H14BrNO2/c1-3-15-10-5-8(4-9(13)6-10)11(14)7(2)12/h4-7H,3,13H2,1-2H3. The van der Waals surface area contributed by atoms with E-state index in [-0.39, 0.29) is 10.6 Å². The van der Waals surface area contributed by atoms with E-state index in [4.69, 9.17) is 10.5 Å². The molecule has 0 fully saturated rings. The van der Waals surface area contributed by atoms with E-state index in [2.05, 4.69) is 15.9 Å². The molecule has 0 saturated carbocycles. The number of Topliss-reactive ketones (excluding diaryl/α,β-unsaturated/α-hetero) is 1. The molecule has 0 radical (unpaired) electrons. The van der Waals surface area contributed by atoms with Crippen molar-refractivity contribution in [1.82, 2.24) is 0 Å². The lowest BCUT2D eigenvalue weighted by atomic mass is 10.1. The second kappa shape index (κ2) is 5.16. The Morgan fingerprint density at radius 3 is 2.73 bits per heavy atom. The van der Waals surface area contributed by atoms with Crippen molar-refractivity contribution in [2.24, 2.45) is 0 Å². The minimum Gasteiger partial charge on any atom is -0.494 e. The van der Waals surface area contributed by atoms with Crippen LogP contribution in [0.15, 0.2) is 18.2 Å². The quantitative estimate of drug-likeness (QED) is 0.520. The van der Waals surface area contributed by atoms with Gasteiger partial charge in [0, 0.05) is 17.3 Å². The van der Waals surface area contributed by atoms with E-state index in [1.807, 2.05) is 6.92 Å². The van der Waals surface area contributed by atoms with Crippen LogP contribution in [0.2, 0.25) is 0 Å². The molecule has 0 aromatic heterocycles. The summed E-state index contributed by atoms with van der Waals surface area (Å²) in [7, 11) is 0. The van der Waals surface area contributed by atoms with Gasteiger partial charge in [-0.15, -0.1) is 0 Å². The van der Waals surface area contributed by atoms with Crippen LogP contribution in [0.5, 0.6) is 5.75 Å². The number of alkyl halides is 1. The highest BCUT2D eigenvalue weighted by molar-refractivity contribution is 9.10. The number of nitrogens with two attached hydrogens (primary N) is 1. The highest BCUT2D eigenvalue weighted by Crippen LogP contribution is 2.21. The van der Waals surface area contributed by atoms with Crippen LogP contribution < -0.4 is 10.5 Å². The first kappa shape index (κ1) is 12.0. The van der Waals surface area contributed by atoms with E-state index in [9.17, 15) is 4.79 Å². The molecular formula is C11H14BrNO2. The zero-order chi connectivity index (χ0) is 11.4. The van der Waals surface area contributed by atoms with Gasteiger partial charge in [-0.05, 0) is 26.0 Å². The second-order valence-electron chi connectivity index (χ2n) is 3.20. The smallest absolute Gasteiger partial charge is 0.176 e. The third kappa shape index (κ3) is 3.23. The second-order valence-corrected chi connectivity index (χ2v) is 4.58. The SMILES string of the molecule is CCOc1cc(N)cc(C(=O)C(C)Br)c1. The molecule has 1 rings (SSSR count). The number of carbonyl (C=O) groups excluding carboxylic acids is 1. The fourth-order valence-electron chi connectivity index (χ4n) is 1.24. The molecule has 0 spiro atoms. The molecule has 2 N–H and O–H groups in total. The van der Waals surface area contributed by atoms with Gasteiger partial charge in [0.05, 0.1) is 11.4 Å². The maximum atomic E-state index is 11.7. The number of rotatable bonds is 4. The lowest BCUT2D eigenvalue weighted by molar-refractivity contribution is 0.0995. The maximum Gasteiger partial charge on any atom is 0.176 e. The summed E-state index contributed by atoms with van der Waals surface area (Å²) in [6.45, 7) is 4.23. The third-order valence-electron chi connectivity index (χ3n) is 1.89. The Kier molecular flexibility index (Phi) is 4.15. The number of nitrogen functional groups attached to an aromatic ring is 1. The Bertz CT molecular complexity index is 364. The van der Waals surface area contributed by atoms with Gasteiger partial charge in [-0.25, -0.2) is 0 Å². The van der Waals surface area contributed by atoms with Crippen LogP contribution in [-0.4, -0.2) is 17.2 Å². The van der Waals surface area contributed by atoms with E-state index in [0.717, 1.165) is 0 Å². The Morgan fingerprint density at radius 1 is 1.53 bits per heavy atom. The van der Waals surface area contributed by atoms with Crippen LogP contribution in [0.1, 0.15) is 24.2 Å². The summed E-state index contributed by atoms with van der Waals surface area (Å²) in [4.78, 5) is 11.5. The van der Waals surface area contributed by atoms with Gasteiger partial charge in [-0.2, -0.15) is 0 Å². The molecule has 0 aliphatic heterocycles. The van der Waals surface area contributed by atoms with Crippen molar-refractivity contribution in [2.75, 3.05) is 12.3 Å². The first-order valence-electron chi connectivity index (χ1n) is 4.76. The fraction of sp³-hybridized carbons (Fsp3) is 0.364. The van der Waals surface area contributed by atoms with Crippen molar-refractivity contribution in [3.8, 4) is 5.75 Å². The zero-order valence-electron chi connectivity index (χ0n) is 8.79. The summed E-state index contributed by atoms with van der Waals surface area (Å²) in [6, 6.07) is 5.07. The predicted molar refractivity (Wildman–Crippen MR) is 64.7 cm³/mol. The van der Waals surface area contributed by atoms with E-state index in [1.54, 1.807) is 25.1 Å². The zero-order valence-corrected chi connectivity index (χ0v) is 10.4. The van der Waals surface area contributed by atoms with Crippen LogP contribution >= 0.6 is 15.9 Å². The molecule has 4 heteroatoms. The monoisotopic (exact) mass is 271 g/mol. The van der Waals surface area contributed by atoms with Gasteiger partial charge in [-0.1, -0.05) is 15.9 Å². The van der Waals surface area contributed by atoms with Crippen molar-refractivity contribution < 1.29 is 9.53 Å². The maximum absolute atomic E-state index is 11.7. The van der Waals surface area contributed by atoms with Gasteiger partial charge < -0.3 is 10.5 Å². The number of benzene rings is 1. The van der Waals surface area contributed by atoms with Crippen molar-refractivity contribution in [2.45, 2.75) is 18.7 Å². The van der Waals surface area contributed by atoms with E-state index < -0.39 is 0 Å². The molecule has 82 valence electrons. The number of carbonyl (C=O) groups is 1. The molecule has 0 bridgehead atoms. The summed E-state index contributed by atoms with van der Waals surface area (Å²) in [5, 5.41) is 0. The molecule has 1 aromatic carbocycles. The Morgan fingerprint density at radius 2 is 2.20 bits per heavy atom. The number of halogens is 1. The highest BCUT2D eigenvalue weighted by Gasteiger charge is 2.13. The van der Waals surface area contributed by atoms with Crippen molar-refractivity contribution in [1.29, 1.82) is 0 Å². The third-order valence-corrected chi connectivity index (χ3v) is 2.30. The fourth-order valence-corrected chi connectivity index (χ4v) is 1.51. The normalized spacial score (nSPS) is 12.2. The molecule has 15 heavy (non-hydrogen) atoms. The Hall–Kier alpha value is -1.03. The van der Waals surface area contributed by atoms with Gasteiger partial charge >= 0.3 is 0 Å². The highest BCUT2D eigenvalue weighted by atomic mass is 79.9. The topological polar surface area (TPSA) is 52.3 Å². The van der Waals surface area contributed by atoms with Gasteiger partial charge in [-0.3, -0.25) is 4.79 Å². The largest absolute Gasteiger partial charge is 0.494 e. The number of hydrogen-bond donors (Lipinski definition) is 1. The van der Waals surface area contributed by atoms with Crippen LogP contribution in [0, 0.1) is 0 Å². The first-order valence-corrected chi connectivity index (χ1v) is 5.67. The van der Waals surface area contributed by atoms with Crippen molar-refractivity contribution in [3.05, 3.63) is 23.8 Å². The molecule has 0 aliphatic carbocycles. The van der Waals surface area contributed by atoms with E-state index in [1.165, 1.54) is 0 Å². The van der Waals surface area contributed by atoms with Gasteiger partial charge in [0.15, 0.2) is 5.78 Å². The lowest BCUT2D eigenvalue weighted by Gasteiger charge is -2.08. The van der Waals surface area contributed by atoms with Crippen LogP contribution in [0.25, 0.3) is 0 Å². The van der Waals surface area contributed by atoms with Gasteiger partial charge in [0.2, 0.25) is 0 Å². The van der Waals surface area contributed by atoms with Gasteiger partial charge in [0.25, 0.3) is 0 Å². The molecular weight excluding hydrogens is 258 g/mol. The summed E-state index contributed by atoms with van der Waals surface area (Å²) >= 11 is 3.23. The van der Waals surface area contributed by atoms with Crippen LogP contribution in [0.4, 0.5) is 5.69 Å². The molecule has 0 heterocycles. The van der Waals surface area contributed by atoms with Crippen LogP contribution in [0.3, 0.4) is 0 Å². The Balaban J connectivity index is 3.03.